The highest BCUT2D eigenvalue weighted by Gasteiger charge is 2.23. The number of unbranched alkanes of at least 4 members (excludes halogenated alkanes) is 5. The quantitative estimate of drug-likeness (QED) is 0.502. The minimum absolute atomic E-state index is 1.08. The van der Waals surface area contributed by atoms with E-state index >= 15 is 0 Å². The van der Waals surface area contributed by atoms with Crippen LogP contribution in [0.2, 0.25) is 0 Å². The van der Waals surface area contributed by atoms with Crippen molar-refractivity contribution in [1.82, 2.24) is 5.32 Å². The van der Waals surface area contributed by atoms with Gasteiger partial charge in [0, 0.05) is 0 Å². The number of hydrogen-bond acceptors (Lipinski definition) is 1. The topological polar surface area (TPSA) is 12.0 Å². The summed E-state index contributed by atoms with van der Waals surface area (Å²) in [6.45, 7) is 3.50. The van der Waals surface area contributed by atoms with Crippen LogP contribution in [0.15, 0.2) is 0 Å². The molecule has 0 saturated heterocycles. The van der Waals surface area contributed by atoms with Gasteiger partial charge in [0.25, 0.3) is 0 Å². The van der Waals surface area contributed by atoms with Crippen LogP contribution in [-0.4, -0.2) is 13.6 Å². The Balaban J connectivity index is 1.92. The minimum Gasteiger partial charge on any atom is -0.320 e. The molecule has 0 spiro atoms. The van der Waals surface area contributed by atoms with Gasteiger partial charge in [0.15, 0.2) is 0 Å². The maximum atomic E-state index is 3.24. The van der Waals surface area contributed by atoms with Crippen molar-refractivity contribution in [1.29, 1.82) is 0 Å². The monoisotopic (exact) mass is 253 g/mol. The predicted octanol–water partition coefficient (Wildman–Crippen LogP) is 5.15. The molecule has 1 heteroatoms. The molecular formula is C17H35N. The molecular weight excluding hydrogens is 218 g/mol. The van der Waals surface area contributed by atoms with Crippen LogP contribution in [0.5, 0.6) is 0 Å². The van der Waals surface area contributed by atoms with E-state index in [4.69, 9.17) is 0 Å². The maximum absolute atomic E-state index is 3.24. The molecule has 2 unspecified atom stereocenters. The standard InChI is InChI=1S/C17H35N/c1-3-4-5-7-10-16-12-13-17(15-16)11-8-6-9-14-18-2/h16-18H,3-15H2,1-2H3. The fourth-order valence-electron chi connectivity index (χ4n) is 3.47. The van der Waals surface area contributed by atoms with Crippen molar-refractivity contribution in [3.63, 3.8) is 0 Å². The summed E-state index contributed by atoms with van der Waals surface area (Å²) in [7, 11) is 2.06. The van der Waals surface area contributed by atoms with E-state index < -0.39 is 0 Å². The molecule has 18 heavy (non-hydrogen) atoms. The van der Waals surface area contributed by atoms with Gasteiger partial charge in [-0.05, 0) is 38.3 Å². The van der Waals surface area contributed by atoms with Crippen molar-refractivity contribution in [3.05, 3.63) is 0 Å². The van der Waals surface area contributed by atoms with Gasteiger partial charge in [0.2, 0.25) is 0 Å². The lowest BCUT2D eigenvalue weighted by molar-refractivity contribution is 0.417. The predicted molar refractivity (Wildman–Crippen MR) is 82.0 cm³/mol. The van der Waals surface area contributed by atoms with Crippen LogP contribution in [0.4, 0.5) is 0 Å². The summed E-state index contributed by atoms with van der Waals surface area (Å²) in [5.41, 5.74) is 0. The van der Waals surface area contributed by atoms with Gasteiger partial charge in [-0.2, -0.15) is 0 Å². The highest BCUT2D eigenvalue weighted by atomic mass is 14.8. The lowest BCUT2D eigenvalue weighted by atomic mass is 9.95. The summed E-state index contributed by atoms with van der Waals surface area (Å²) in [6.07, 6.45) is 17.7. The first kappa shape index (κ1) is 16.0. The largest absolute Gasteiger partial charge is 0.320 e. The molecule has 1 rings (SSSR count). The molecule has 0 amide bonds. The molecule has 0 heterocycles. The summed E-state index contributed by atoms with van der Waals surface area (Å²) >= 11 is 0. The molecule has 0 aromatic rings. The van der Waals surface area contributed by atoms with Gasteiger partial charge in [0.05, 0.1) is 0 Å². The second kappa shape index (κ2) is 10.8. The molecule has 0 aliphatic heterocycles. The van der Waals surface area contributed by atoms with E-state index in [1.807, 2.05) is 0 Å². The van der Waals surface area contributed by atoms with Crippen molar-refractivity contribution in [2.75, 3.05) is 13.6 Å². The van der Waals surface area contributed by atoms with Gasteiger partial charge in [-0.3, -0.25) is 0 Å². The first-order chi connectivity index (χ1) is 8.86. The van der Waals surface area contributed by atoms with Crippen LogP contribution in [-0.2, 0) is 0 Å². The van der Waals surface area contributed by atoms with E-state index in [0.717, 1.165) is 11.8 Å². The Kier molecular flexibility index (Phi) is 9.65. The van der Waals surface area contributed by atoms with Gasteiger partial charge in [-0.1, -0.05) is 71.1 Å². The molecule has 108 valence electrons. The van der Waals surface area contributed by atoms with E-state index in [-0.39, 0.29) is 0 Å². The van der Waals surface area contributed by atoms with E-state index in [1.165, 1.54) is 77.2 Å². The molecule has 0 aromatic carbocycles. The van der Waals surface area contributed by atoms with Gasteiger partial charge in [0.1, 0.15) is 0 Å². The summed E-state index contributed by atoms with van der Waals surface area (Å²) in [5, 5.41) is 3.24. The van der Waals surface area contributed by atoms with E-state index in [2.05, 4.69) is 19.3 Å². The summed E-state index contributed by atoms with van der Waals surface area (Å²) in [5.74, 6) is 2.17. The van der Waals surface area contributed by atoms with Crippen molar-refractivity contribution in [2.24, 2.45) is 11.8 Å². The smallest absolute Gasteiger partial charge is 0.00519 e. The zero-order chi connectivity index (χ0) is 13.1. The highest BCUT2D eigenvalue weighted by molar-refractivity contribution is 4.75. The molecule has 1 N–H and O–H groups in total. The third kappa shape index (κ3) is 7.41. The van der Waals surface area contributed by atoms with Crippen LogP contribution >= 0.6 is 0 Å². The van der Waals surface area contributed by atoms with Gasteiger partial charge < -0.3 is 5.32 Å². The third-order valence-corrected chi connectivity index (χ3v) is 4.65. The van der Waals surface area contributed by atoms with E-state index in [1.54, 1.807) is 6.42 Å². The molecule has 0 radical (unpaired) electrons. The normalized spacial score (nSPS) is 23.7. The molecule has 1 fully saturated rings. The fourth-order valence-corrected chi connectivity index (χ4v) is 3.47. The summed E-state index contributed by atoms with van der Waals surface area (Å²) in [6, 6.07) is 0. The lowest BCUT2D eigenvalue weighted by Crippen LogP contribution is -2.07. The minimum atomic E-state index is 1.08. The molecule has 1 aliphatic rings. The zero-order valence-electron chi connectivity index (χ0n) is 12.8. The summed E-state index contributed by atoms with van der Waals surface area (Å²) in [4.78, 5) is 0. The van der Waals surface area contributed by atoms with Crippen LogP contribution < -0.4 is 5.32 Å². The van der Waals surface area contributed by atoms with E-state index in [9.17, 15) is 0 Å². The molecule has 2 atom stereocenters. The van der Waals surface area contributed by atoms with Crippen LogP contribution in [0.3, 0.4) is 0 Å². The Morgan fingerprint density at radius 2 is 1.44 bits per heavy atom. The molecule has 1 aliphatic carbocycles. The van der Waals surface area contributed by atoms with Crippen LogP contribution in [0, 0.1) is 11.8 Å². The van der Waals surface area contributed by atoms with Gasteiger partial charge in [-0.15, -0.1) is 0 Å². The van der Waals surface area contributed by atoms with Crippen LogP contribution in [0.1, 0.15) is 84.0 Å². The zero-order valence-corrected chi connectivity index (χ0v) is 12.8. The second-order valence-corrected chi connectivity index (χ2v) is 6.35. The Labute approximate surface area is 115 Å². The Morgan fingerprint density at radius 1 is 0.833 bits per heavy atom. The number of rotatable bonds is 11. The Bertz CT molecular complexity index is 178. The Hall–Kier alpha value is -0.0400. The number of hydrogen-bond donors (Lipinski definition) is 1. The Morgan fingerprint density at radius 3 is 2.00 bits per heavy atom. The van der Waals surface area contributed by atoms with Crippen LogP contribution in [0.25, 0.3) is 0 Å². The van der Waals surface area contributed by atoms with E-state index in [0.29, 0.717) is 0 Å². The lowest BCUT2D eigenvalue weighted by Gasteiger charge is -2.11. The molecule has 0 bridgehead atoms. The van der Waals surface area contributed by atoms with Gasteiger partial charge >= 0.3 is 0 Å². The average Bonchev–Trinajstić information content (AvgIpc) is 2.82. The highest BCUT2D eigenvalue weighted by Crippen LogP contribution is 2.36. The molecule has 1 saturated carbocycles. The first-order valence-electron chi connectivity index (χ1n) is 8.51. The summed E-state index contributed by atoms with van der Waals surface area (Å²) < 4.78 is 0. The second-order valence-electron chi connectivity index (χ2n) is 6.35. The van der Waals surface area contributed by atoms with Crippen molar-refractivity contribution >= 4 is 0 Å². The first-order valence-corrected chi connectivity index (χ1v) is 8.51. The third-order valence-electron chi connectivity index (χ3n) is 4.65. The molecule has 0 aromatic heterocycles. The van der Waals surface area contributed by atoms with Crippen molar-refractivity contribution < 1.29 is 0 Å². The SMILES string of the molecule is CCCCCCC1CCC(CCCCCNC)C1. The fraction of sp³-hybridized carbons (Fsp3) is 1.00. The number of nitrogens with one attached hydrogen (secondary N) is 1. The maximum Gasteiger partial charge on any atom is -0.00519 e. The van der Waals surface area contributed by atoms with Crippen molar-refractivity contribution in [2.45, 2.75) is 84.0 Å². The molecule has 1 nitrogen and oxygen atoms in total. The van der Waals surface area contributed by atoms with Gasteiger partial charge in [-0.25, -0.2) is 0 Å². The average molecular weight is 253 g/mol. The van der Waals surface area contributed by atoms with Crippen molar-refractivity contribution in [3.8, 4) is 0 Å².